The Bertz CT molecular complexity index is 437. The lowest BCUT2D eigenvalue weighted by molar-refractivity contribution is -0.120. The van der Waals surface area contributed by atoms with Crippen LogP contribution < -0.4 is 11.1 Å². The average molecular weight is 319 g/mol. The van der Waals surface area contributed by atoms with E-state index < -0.39 is 10.8 Å². The number of benzene rings is 1. The summed E-state index contributed by atoms with van der Waals surface area (Å²) in [5.41, 5.74) is 6.29. The lowest BCUT2D eigenvalue weighted by atomic mass is 10.3. The molecule has 0 fully saturated rings. The van der Waals surface area contributed by atoms with Gasteiger partial charge >= 0.3 is 0 Å². The molecular formula is C11H15BrN2O2S. The van der Waals surface area contributed by atoms with Gasteiger partial charge in [0.15, 0.2) is 0 Å². The van der Waals surface area contributed by atoms with Crippen molar-refractivity contribution in [1.29, 1.82) is 0 Å². The van der Waals surface area contributed by atoms with Gasteiger partial charge in [0.25, 0.3) is 0 Å². The SMILES string of the molecule is CNC(=O)CCCS(=O)c1ccc(Br)cc1N. The molecule has 0 spiro atoms. The molecular weight excluding hydrogens is 304 g/mol. The Labute approximate surface area is 112 Å². The molecule has 1 aromatic carbocycles. The highest BCUT2D eigenvalue weighted by molar-refractivity contribution is 9.10. The van der Waals surface area contributed by atoms with Gasteiger partial charge in [0.1, 0.15) is 0 Å². The third-order valence-corrected chi connectivity index (χ3v) is 4.24. The molecule has 1 unspecified atom stereocenters. The molecule has 0 aliphatic rings. The minimum Gasteiger partial charge on any atom is -0.398 e. The van der Waals surface area contributed by atoms with Gasteiger partial charge in [0.2, 0.25) is 5.91 Å². The number of rotatable bonds is 5. The Morgan fingerprint density at radius 2 is 2.24 bits per heavy atom. The highest BCUT2D eigenvalue weighted by atomic mass is 79.9. The molecule has 6 heteroatoms. The smallest absolute Gasteiger partial charge is 0.219 e. The highest BCUT2D eigenvalue weighted by Gasteiger charge is 2.09. The molecule has 1 amide bonds. The minimum absolute atomic E-state index is 0.0363. The summed E-state index contributed by atoms with van der Waals surface area (Å²) >= 11 is 3.29. The Morgan fingerprint density at radius 3 is 2.82 bits per heavy atom. The number of nitrogen functional groups attached to an aromatic ring is 1. The Morgan fingerprint density at radius 1 is 1.53 bits per heavy atom. The first-order valence-electron chi connectivity index (χ1n) is 5.18. The predicted molar refractivity (Wildman–Crippen MR) is 73.1 cm³/mol. The average Bonchev–Trinajstić information content (AvgIpc) is 2.28. The molecule has 0 aliphatic heterocycles. The van der Waals surface area contributed by atoms with Crippen LogP contribution in [-0.4, -0.2) is 22.9 Å². The molecule has 0 radical (unpaired) electrons. The zero-order valence-corrected chi connectivity index (χ0v) is 11.9. The normalized spacial score (nSPS) is 12.1. The maximum atomic E-state index is 11.9. The van der Waals surface area contributed by atoms with Crippen LogP contribution in [0.25, 0.3) is 0 Å². The molecule has 0 heterocycles. The summed E-state index contributed by atoms with van der Waals surface area (Å²) in [6.45, 7) is 0. The summed E-state index contributed by atoms with van der Waals surface area (Å²) in [6, 6.07) is 5.28. The van der Waals surface area contributed by atoms with E-state index in [1.165, 1.54) is 0 Å². The molecule has 1 atom stereocenters. The van der Waals surface area contributed by atoms with Gasteiger partial charge in [0.05, 0.1) is 15.7 Å². The van der Waals surface area contributed by atoms with E-state index in [-0.39, 0.29) is 5.91 Å². The lowest BCUT2D eigenvalue weighted by Gasteiger charge is -2.06. The number of amides is 1. The second-order valence-electron chi connectivity index (χ2n) is 3.51. The largest absolute Gasteiger partial charge is 0.398 e. The lowest BCUT2D eigenvalue weighted by Crippen LogP contribution is -2.18. The molecule has 0 aromatic heterocycles. The Hall–Kier alpha value is -0.880. The first kappa shape index (κ1) is 14.2. The molecule has 0 saturated carbocycles. The summed E-state index contributed by atoms with van der Waals surface area (Å²) in [5, 5.41) is 2.53. The number of nitrogens with two attached hydrogens (primary N) is 1. The van der Waals surface area contributed by atoms with Crippen LogP contribution in [0.15, 0.2) is 27.6 Å². The van der Waals surface area contributed by atoms with Gasteiger partial charge in [-0.15, -0.1) is 0 Å². The van der Waals surface area contributed by atoms with E-state index in [1.807, 2.05) is 6.07 Å². The molecule has 17 heavy (non-hydrogen) atoms. The van der Waals surface area contributed by atoms with Crippen molar-refractivity contribution >= 4 is 38.3 Å². The van der Waals surface area contributed by atoms with Crippen molar-refractivity contribution in [1.82, 2.24) is 5.32 Å². The van der Waals surface area contributed by atoms with Crippen molar-refractivity contribution in [3.8, 4) is 0 Å². The molecule has 0 aliphatic carbocycles. The molecule has 3 N–H and O–H groups in total. The maximum Gasteiger partial charge on any atom is 0.219 e. The van der Waals surface area contributed by atoms with Crippen molar-refractivity contribution in [2.45, 2.75) is 17.7 Å². The van der Waals surface area contributed by atoms with Gasteiger partial charge in [-0.1, -0.05) is 15.9 Å². The van der Waals surface area contributed by atoms with Crippen LogP contribution in [-0.2, 0) is 15.6 Å². The van der Waals surface area contributed by atoms with Crippen LogP contribution in [0, 0.1) is 0 Å². The van der Waals surface area contributed by atoms with Gasteiger partial charge in [-0.05, 0) is 24.6 Å². The maximum absolute atomic E-state index is 11.9. The van der Waals surface area contributed by atoms with Crippen molar-refractivity contribution in [2.24, 2.45) is 0 Å². The van der Waals surface area contributed by atoms with Gasteiger partial charge in [0, 0.05) is 29.4 Å². The second kappa shape index (κ2) is 6.76. The number of anilines is 1. The fraction of sp³-hybridized carbons (Fsp3) is 0.364. The van der Waals surface area contributed by atoms with Crippen LogP contribution in [0.2, 0.25) is 0 Å². The first-order chi connectivity index (χ1) is 8.04. The van der Waals surface area contributed by atoms with Crippen molar-refractivity contribution in [2.75, 3.05) is 18.5 Å². The van der Waals surface area contributed by atoms with E-state index in [9.17, 15) is 9.00 Å². The van der Waals surface area contributed by atoms with Crippen LogP contribution >= 0.6 is 15.9 Å². The molecule has 1 aromatic rings. The highest BCUT2D eigenvalue weighted by Crippen LogP contribution is 2.22. The number of carbonyl (C=O) groups is 1. The molecule has 0 bridgehead atoms. The predicted octanol–water partition coefficient (Wildman–Crippen LogP) is 1.67. The zero-order chi connectivity index (χ0) is 12.8. The summed E-state index contributed by atoms with van der Waals surface area (Å²) in [5.74, 6) is 0.407. The van der Waals surface area contributed by atoms with Crippen molar-refractivity contribution in [3.63, 3.8) is 0 Å². The van der Waals surface area contributed by atoms with E-state index in [0.717, 1.165) is 4.47 Å². The number of hydrogen-bond donors (Lipinski definition) is 2. The second-order valence-corrected chi connectivity index (χ2v) is 5.96. The third kappa shape index (κ3) is 4.47. The van der Waals surface area contributed by atoms with E-state index in [1.54, 1.807) is 19.2 Å². The topological polar surface area (TPSA) is 72.2 Å². The number of carbonyl (C=O) groups excluding carboxylic acids is 1. The van der Waals surface area contributed by atoms with Crippen LogP contribution in [0.3, 0.4) is 0 Å². The molecule has 1 rings (SSSR count). The van der Waals surface area contributed by atoms with E-state index in [4.69, 9.17) is 5.73 Å². The van der Waals surface area contributed by atoms with Gasteiger partial charge in [-0.25, -0.2) is 0 Å². The first-order valence-corrected chi connectivity index (χ1v) is 7.29. The third-order valence-electron chi connectivity index (χ3n) is 2.23. The van der Waals surface area contributed by atoms with Crippen LogP contribution in [0.1, 0.15) is 12.8 Å². The van der Waals surface area contributed by atoms with E-state index in [0.29, 0.717) is 29.2 Å². The van der Waals surface area contributed by atoms with Gasteiger partial charge in [-0.3, -0.25) is 9.00 Å². The summed E-state index contributed by atoms with van der Waals surface area (Å²) in [7, 11) is 0.442. The number of halogens is 1. The Kier molecular flexibility index (Phi) is 5.64. The number of hydrogen-bond acceptors (Lipinski definition) is 3. The van der Waals surface area contributed by atoms with Crippen molar-refractivity contribution < 1.29 is 9.00 Å². The standard InChI is InChI=1S/C11H15BrN2O2S/c1-14-11(15)3-2-6-17(16)10-5-4-8(12)7-9(10)13/h4-5,7H,2-3,6,13H2,1H3,(H,14,15). The van der Waals surface area contributed by atoms with Gasteiger partial charge < -0.3 is 11.1 Å². The summed E-state index contributed by atoms with van der Waals surface area (Å²) in [6.07, 6.45) is 0.973. The van der Waals surface area contributed by atoms with Crippen LogP contribution in [0.5, 0.6) is 0 Å². The van der Waals surface area contributed by atoms with Gasteiger partial charge in [-0.2, -0.15) is 0 Å². The van der Waals surface area contributed by atoms with E-state index in [2.05, 4.69) is 21.2 Å². The van der Waals surface area contributed by atoms with E-state index >= 15 is 0 Å². The quantitative estimate of drug-likeness (QED) is 0.811. The Balaban J connectivity index is 2.55. The zero-order valence-electron chi connectivity index (χ0n) is 9.53. The molecule has 94 valence electrons. The summed E-state index contributed by atoms with van der Waals surface area (Å²) < 4.78 is 12.8. The van der Waals surface area contributed by atoms with Crippen molar-refractivity contribution in [3.05, 3.63) is 22.7 Å². The fourth-order valence-electron chi connectivity index (χ4n) is 1.33. The molecule has 4 nitrogen and oxygen atoms in total. The molecule has 0 saturated heterocycles. The minimum atomic E-state index is -1.15. The summed E-state index contributed by atoms with van der Waals surface area (Å²) in [4.78, 5) is 11.6. The monoisotopic (exact) mass is 318 g/mol. The fourth-order valence-corrected chi connectivity index (χ4v) is 2.87. The number of nitrogens with one attached hydrogen (secondary N) is 1. The van der Waals surface area contributed by atoms with Crippen LogP contribution in [0.4, 0.5) is 5.69 Å².